The van der Waals surface area contributed by atoms with Crippen LogP contribution in [0.1, 0.15) is 18.9 Å². The first-order valence-electron chi connectivity index (χ1n) is 4.63. The molecule has 1 saturated carbocycles. The molecule has 0 radical (unpaired) electrons. The van der Waals surface area contributed by atoms with Gasteiger partial charge in [-0.3, -0.25) is 14.3 Å². The molecule has 2 N–H and O–H groups in total. The van der Waals surface area contributed by atoms with Crippen LogP contribution in [0.25, 0.3) is 0 Å². The Morgan fingerprint density at radius 1 is 1.50 bits per heavy atom. The molecule has 0 atom stereocenters. The average molecular weight is 196 g/mol. The predicted molar refractivity (Wildman–Crippen MR) is 50.2 cm³/mol. The van der Waals surface area contributed by atoms with Crippen molar-refractivity contribution in [2.24, 2.45) is 5.92 Å². The van der Waals surface area contributed by atoms with Crippen molar-refractivity contribution >= 4 is 0 Å². The summed E-state index contributed by atoms with van der Waals surface area (Å²) < 4.78 is 1.52. The van der Waals surface area contributed by atoms with Gasteiger partial charge in [0.05, 0.1) is 0 Å². The van der Waals surface area contributed by atoms with E-state index in [0.717, 1.165) is 12.8 Å². The summed E-state index contributed by atoms with van der Waals surface area (Å²) in [5, 5.41) is 8.82. The van der Waals surface area contributed by atoms with Gasteiger partial charge in [-0.2, -0.15) is 0 Å². The molecule has 1 fully saturated rings. The molecule has 0 bridgehead atoms. The Morgan fingerprint density at radius 3 is 2.79 bits per heavy atom. The number of nitrogens with zero attached hydrogens (tertiary/aromatic N) is 1. The van der Waals surface area contributed by atoms with Crippen molar-refractivity contribution < 1.29 is 5.11 Å². The largest absolute Gasteiger partial charge is 0.396 e. The number of hydrogen-bond donors (Lipinski definition) is 2. The van der Waals surface area contributed by atoms with Gasteiger partial charge in [-0.15, -0.1) is 0 Å². The summed E-state index contributed by atoms with van der Waals surface area (Å²) in [4.78, 5) is 24.3. The minimum absolute atomic E-state index is 0.136. The highest BCUT2D eigenvalue weighted by atomic mass is 16.3. The molecule has 0 aromatic carbocycles. The molecule has 0 unspecified atom stereocenters. The molecule has 0 spiro atoms. The summed E-state index contributed by atoms with van der Waals surface area (Å²) in [6.07, 6.45) is 3.13. The third-order valence-electron chi connectivity index (χ3n) is 2.71. The van der Waals surface area contributed by atoms with E-state index in [-0.39, 0.29) is 23.9 Å². The van der Waals surface area contributed by atoms with Gasteiger partial charge >= 0.3 is 5.69 Å². The van der Waals surface area contributed by atoms with Crippen molar-refractivity contribution in [3.63, 3.8) is 0 Å². The minimum atomic E-state index is -0.371. The summed E-state index contributed by atoms with van der Waals surface area (Å²) in [5.41, 5.74) is -0.733. The highest BCUT2D eigenvalue weighted by molar-refractivity contribution is 4.91. The zero-order valence-electron chi connectivity index (χ0n) is 7.64. The molecule has 76 valence electrons. The molecule has 0 amide bonds. The molecule has 0 aliphatic heterocycles. The zero-order valence-corrected chi connectivity index (χ0v) is 7.64. The Balaban J connectivity index is 2.19. The number of nitrogens with one attached hydrogen (secondary N) is 1. The van der Waals surface area contributed by atoms with Crippen LogP contribution in [0, 0.1) is 5.92 Å². The Morgan fingerprint density at radius 2 is 2.21 bits per heavy atom. The monoisotopic (exact) mass is 196 g/mol. The van der Waals surface area contributed by atoms with Crippen LogP contribution in [0.3, 0.4) is 0 Å². The maximum atomic E-state index is 11.3. The number of rotatable bonds is 2. The fourth-order valence-electron chi connectivity index (χ4n) is 1.79. The lowest BCUT2D eigenvalue weighted by Crippen LogP contribution is -2.38. The molecular weight excluding hydrogens is 184 g/mol. The Bertz CT molecular complexity index is 428. The predicted octanol–water partition coefficient (Wildman–Crippen LogP) is -0.520. The van der Waals surface area contributed by atoms with Gasteiger partial charge in [0.2, 0.25) is 0 Å². The van der Waals surface area contributed by atoms with Gasteiger partial charge < -0.3 is 5.11 Å². The normalized spacial score (nSPS) is 25.8. The fraction of sp³-hybridized carbons (Fsp3) is 0.556. The average Bonchev–Trinajstić information content (AvgIpc) is 2.06. The Hall–Kier alpha value is -1.36. The number of aromatic amines is 1. The van der Waals surface area contributed by atoms with E-state index in [9.17, 15) is 9.59 Å². The van der Waals surface area contributed by atoms with Gasteiger partial charge in [-0.05, 0) is 18.8 Å². The minimum Gasteiger partial charge on any atom is -0.396 e. The highest BCUT2D eigenvalue weighted by Gasteiger charge is 2.30. The first-order valence-corrected chi connectivity index (χ1v) is 4.63. The van der Waals surface area contributed by atoms with Gasteiger partial charge in [0.1, 0.15) is 0 Å². The summed E-state index contributed by atoms with van der Waals surface area (Å²) in [7, 11) is 0. The summed E-state index contributed by atoms with van der Waals surface area (Å²) in [6, 6.07) is 1.48. The SMILES string of the molecule is O=c1ccn(C2CC(CO)C2)c(=O)[nH]1. The summed E-state index contributed by atoms with van der Waals surface area (Å²) >= 11 is 0. The lowest BCUT2D eigenvalue weighted by Gasteiger charge is -2.34. The molecule has 1 aliphatic rings. The quantitative estimate of drug-likeness (QED) is 0.668. The smallest absolute Gasteiger partial charge is 0.328 e. The molecule has 1 aliphatic carbocycles. The first kappa shape index (κ1) is 9.21. The van der Waals surface area contributed by atoms with Crippen LogP contribution in [0.15, 0.2) is 21.9 Å². The summed E-state index contributed by atoms with van der Waals surface area (Å²) in [5.74, 6) is 0.304. The lowest BCUT2D eigenvalue weighted by molar-refractivity contribution is 0.109. The van der Waals surface area contributed by atoms with Crippen LogP contribution in [0.5, 0.6) is 0 Å². The van der Waals surface area contributed by atoms with Crippen molar-refractivity contribution in [2.75, 3.05) is 6.61 Å². The maximum absolute atomic E-state index is 11.3. The third kappa shape index (κ3) is 1.50. The number of H-pyrrole nitrogens is 1. The second kappa shape index (κ2) is 3.42. The van der Waals surface area contributed by atoms with Crippen LogP contribution in [-0.2, 0) is 0 Å². The van der Waals surface area contributed by atoms with E-state index in [0.29, 0.717) is 5.92 Å². The van der Waals surface area contributed by atoms with E-state index < -0.39 is 0 Å². The van der Waals surface area contributed by atoms with Crippen molar-refractivity contribution in [1.29, 1.82) is 0 Å². The molecule has 2 rings (SSSR count). The van der Waals surface area contributed by atoms with E-state index in [1.54, 1.807) is 0 Å². The number of aromatic nitrogens is 2. The van der Waals surface area contributed by atoms with Gasteiger partial charge in [-0.25, -0.2) is 4.79 Å². The second-order valence-corrected chi connectivity index (χ2v) is 3.69. The Labute approximate surface area is 80.0 Å². The number of aliphatic hydroxyl groups is 1. The van der Waals surface area contributed by atoms with Crippen molar-refractivity contribution in [3.05, 3.63) is 33.1 Å². The van der Waals surface area contributed by atoms with E-state index in [2.05, 4.69) is 4.98 Å². The lowest BCUT2D eigenvalue weighted by atomic mass is 9.81. The van der Waals surface area contributed by atoms with Crippen molar-refractivity contribution in [1.82, 2.24) is 9.55 Å². The zero-order chi connectivity index (χ0) is 10.1. The molecule has 1 aromatic heterocycles. The first-order chi connectivity index (χ1) is 6.70. The maximum Gasteiger partial charge on any atom is 0.328 e. The van der Waals surface area contributed by atoms with Crippen LogP contribution >= 0.6 is 0 Å². The second-order valence-electron chi connectivity index (χ2n) is 3.69. The molecule has 14 heavy (non-hydrogen) atoms. The van der Waals surface area contributed by atoms with E-state index >= 15 is 0 Å². The number of aliphatic hydroxyl groups excluding tert-OH is 1. The molecule has 1 heterocycles. The van der Waals surface area contributed by atoms with Crippen molar-refractivity contribution in [3.8, 4) is 0 Å². The Kier molecular flexibility index (Phi) is 2.25. The molecule has 1 aromatic rings. The topological polar surface area (TPSA) is 75.1 Å². The van der Waals surface area contributed by atoms with Gasteiger partial charge in [-0.1, -0.05) is 0 Å². The van der Waals surface area contributed by atoms with E-state index in [4.69, 9.17) is 5.11 Å². The van der Waals surface area contributed by atoms with Gasteiger partial charge in [0, 0.05) is 24.9 Å². The third-order valence-corrected chi connectivity index (χ3v) is 2.71. The summed E-state index contributed by atoms with van der Waals surface area (Å²) in [6.45, 7) is 0.175. The fourth-order valence-corrected chi connectivity index (χ4v) is 1.79. The van der Waals surface area contributed by atoms with Crippen LogP contribution < -0.4 is 11.2 Å². The van der Waals surface area contributed by atoms with Crippen LogP contribution in [-0.4, -0.2) is 21.3 Å². The van der Waals surface area contributed by atoms with Crippen LogP contribution in [0.4, 0.5) is 0 Å². The standard InChI is InChI=1S/C9H12N2O3/c12-5-6-3-7(4-6)11-2-1-8(13)10-9(11)14/h1-2,6-7,12H,3-5H2,(H,10,13,14). The van der Waals surface area contributed by atoms with Crippen molar-refractivity contribution in [2.45, 2.75) is 18.9 Å². The molecular formula is C9H12N2O3. The molecule has 0 saturated heterocycles. The van der Waals surface area contributed by atoms with Gasteiger partial charge in [0.15, 0.2) is 0 Å². The van der Waals surface area contributed by atoms with E-state index in [1.807, 2.05) is 0 Å². The van der Waals surface area contributed by atoms with E-state index in [1.165, 1.54) is 16.8 Å². The molecule has 5 nitrogen and oxygen atoms in total. The van der Waals surface area contributed by atoms with Crippen LogP contribution in [0.2, 0.25) is 0 Å². The number of hydrogen-bond acceptors (Lipinski definition) is 3. The van der Waals surface area contributed by atoms with Gasteiger partial charge in [0.25, 0.3) is 5.56 Å². The highest BCUT2D eigenvalue weighted by Crippen LogP contribution is 2.35. The molecule has 5 heteroatoms.